The van der Waals surface area contributed by atoms with Crippen LogP contribution in [0.25, 0.3) is 55.3 Å². The van der Waals surface area contributed by atoms with E-state index >= 15 is 0 Å². The Morgan fingerprint density at radius 3 is 1.96 bits per heavy atom. The number of rotatable bonds is 6. The van der Waals surface area contributed by atoms with E-state index in [2.05, 4.69) is 176 Å². The molecule has 3 atom stereocenters. The van der Waals surface area contributed by atoms with Crippen molar-refractivity contribution in [2.24, 2.45) is 11.8 Å². The molecule has 1 spiro atoms. The summed E-state index contributed by atoms with van der Waals surface area (Å²) >= 11 is 0. The van der Waals surface area contributed by atoms with E-state index in [-0.39, 0.29) is 5.41 Å². The molecule has 10 rings (SSSR count). The predicted molar refractivity (Wildman–Crippen MR) is 227 cm³/mol. The van der Waals surface area contributed by atoms with E-state index in [0.717, 1.165) is 45.4 Å². The van der Waals surface area contributed by atoms with Gasteiger partial charge in [-0.2, -0.15) is 0 Å². The lowest BCUT2D eigenvalue weighted by Crippen LogP contribution is -2.40. The van der Waals surface area contributed by atoms with Crippen molar-refractivity contribution in [1.82, 2.24) is 0 Å². The Morgan fingerprint density at radius 1 is 0.611 bits per heavy atom. The number of fused-ring (bicyclic) bond motifs is 8. The molecule has 1 heterocycles. The Labute approximate surface area is 318 Å². The zero-order valence-electron chi connectivity index (χ0n) is 30.9. The summed E-state index contributed by atoms with van der Waals surface area (Å²) in [6, 6.07) is 59.6. The van der Waals surface area contributed by atoms with Crippen molar-refractivity contribution < 1.29 is 4.42 Å². The van der Waals surface area contributed by atoms with E-state index in [1.54, 1.807) is 0 Å². The minimum absolute atomic E-state index is 0.219. The van der Waals surface area contributed by atoms with Crippen LogP contribution < -0.4 is 4.90 Å². The first kappa shape index (κ1) is 32.5. The van der Waals surface area contributed by atoms with E-state index < -0.39 is 0 Å². The van der Waals surface area contributed by atoms with Gasteiger partial charge in [0, 0.05) is 22.2 Å². The highest BCUT2D eigenvalue weighted by molar-refractivity contribution is 6.13. The normalized spacial score (nSPS) is 19.0. The molecule has 2 nitrogen and oxygen atoms in total. The van der Waals surface area contributed by atoms with Crippen LogP contribution in [0.3, 0.4) is 0 Å². The molecule has 7 aromatic carbocycles. The van der Waals surface area contributed by atoms with Gasteiger partial charge >= 0.3 is 0 Å². The molecule has 1 fully saturated rings. The fraction of sp³-hybridized carbons (Fsp3) is 0.154. The van der Waals surface area contributed by atoms with Crippen molar-refractivity contribution in [2.75, 3.05) is 4.90 Å². The number of hydrogen-bond acceptors (Lipinski definition) is 2. The standard InChI is InChI=1S/C52H43NO/c1-4-36-31-34(2)52(35(3)32-36)46-17-10-8-15-43(46)44-30-29-42(33-47(44)52)53(48-18-12-20-50-51(48)45-16-9-11-19-49(45)54-50)41-27-25-40(26-28-41)39-23-21-38(22-24-39)37-13-6-5-7-14-37/h5-30,33,35-36H,2,4,31-32H2,1,3H3. The van der Waals surface area contributed by atoms with E-state index in [0.29, 0.717) is 11.8 Å². The van der Waals surface area contributed by atoms with E-state index in [9.17, 15) is 0 Å². The van der Waals surface area contributed by atoms with Crippen LogP contribution in [0.4, 0.5) is 17.1 Å². The molecule has 1 saturated carbocycles. The second kappa shape index (κ2) is 12.8. The molecule has 8 aromatic rings. The monoisotopic (exact) mass is 697 g/mol. The van der Waals surface area contributed by atoms with Gasteiger partial charge in [0.25, 0.3) is 0 Å². The Morgan fingerprint density at radius 2 is 1.22 bits per heavy atom. The van der Waals surface area contributed by atoms with Crippen LogP contribution in [-0.4, -0.2) is 0 Å². The van der Waals surface area contributed by atoms with Gasteiger partial charge in [0.15, 0.2) is 0 Å². The molecule has 3 unspecified atom stereocenters. The average Bonchev–Trinajstić information content (AvgIpc) is 3.75. The Hall–Kier alpha value is -6.12. The number of nitrogens with zero attached hydrogens (tertiary/aromatic N) is 1. The third-order valence-corrected chi connectivity index (χ3v) is 12.5. The van der Waals surface area contributed by atoms with Gasteiger partial charge in [-0.1, -0.05) is 154 Å². The van der Waals surface area contributed by atoms with Gasteiger partial charge < -0.3 is 9.32 Å². The first-order valence-electron chi connectivity index (χ1n) is 19.4. The van der Waals surface area contributed by atoms with E-state index in [1.807, 2.05) is 6.07 Å². The van der Waals surface area contributed by atoms with Crippen LogP contribution in [-0.2, 0) is 5.41 Å². The first-order valence-corrected chi connectivity index (χ1v) is 19.4. The Kier molecular flexibility index (Phi) is 7.70. The third kappa shape index (κ3) is 4.93. The van der Waals surface area contributed by atoms with Gasteiger partial charge in [-0.05, 0) is 112 Å². The van der Waals surface area contributed by atoms with Crippen LogP contribution in [0, 0.1) is 11.8 Å². The molecule has 262 valence electrons. The zero-order valence-corrected chi connectivity index (χ0v) is 30.9. The van der Waals surface area contributed by atoms with Gasteiger partial charge in [-0.3, -0.25) is 0 Å². The number of anilines is 3. The molecule has 54 heavy (non-hydrogen) atoms. The van der Waals surface area contributed by atoms with Crippen molar-refractivity contribution in [3.05, 3.63) is 187 Å². The second-order valence-electron chi connectivity index (χ2n) is 15.4. The molecule has 0 N–H and O–H groups in total. The van der Waals surface area contributed by atoms with Gasteiger partial charge in [-0.15, -0.1) is 0 Å². The third-order valence-electron chi connectivity index (χ3n) is 12.5. The van der Waals surface area contributed by atoms with Crippen LogP contribution >= 0.6 is 0 Å². The minimum Gasteiger partial charge on any atom is -0.456 e. The fourth-order valence-electron chi connectivity index (χ4n) is 9.94. The van der Waals surface area contributed by atoms with E-state index in [4.69, 9.17) is 11.0 Å². The molecule has 0 bridgehead atoms. The maximum atomic E-state index is 6.45. The predicted octanol–water partition coefficient (Wildman–Crippen LogP) is 14.7. The molecule has 2 aliphatic carbocycles. The Balaban J connectivity index is 1.14. The fourth-order valence-corrected chi connectivity index (χ4v) is 9.94. The summed E-state index contributed by atoms with van der Waals surface area (Å²) in [4.78, 5) is 2.44. The summed E-state index contributed by atoms with van der Waals surface area (Å²) in [5, 5.41) is 2.24. The average molecular weight is 698 g/mol. The minimum atomic E-state index is -0.219. The van der Waals surface area contributed by atoms with Crippen LogP contribution in [0.15, 0.2) is 180 Å². The smallest absolute Gasteiger partial charge is 0.137 e. The van der Waals surface area contributed by atoms with Crippen molar-refractivity contribution in [1.29, 1.82) is 0 Å². The number of furan rings is 1. The van der Waals surface area contributed by atoms with Crippen LogP contribution in [0.2, 0.25) is 0 Å². The summed E-state index contributed by atoms with van der Waals surface area (Å²) in [5.74, 6) is 1.11. The highest BCUT2D eigenvalue weighted by Gasteiger charge is 2.51. The molecule has 0 amide bonds. The maximum Gasteiger partial charge on any atom is 0.137 e. The molecular formula is C52H43NO. The molecule has 0 radical (unpaired) electrons. The van der Waals surface area contributed by atoms with Gasteiger partial charge in [-0.25, -0.2) is 0 Å². The Bertz CT molecular complexity index is 2680. The second-order valence-corrected chi connectivity index (χ2v) is 15.4. The molecule has 0 saturated heterocycles. The number of benzene rings is 7. The SMILES string of the molecule is C=C1CC(CC)CC(C)C12c1ccccc1-c1ccc(N(c3ccc(-c4ccc(-c5ccccc5)cc4)cc3)c3cccc4oc5ccccc5c34)cc12. The quantitative estimate of drug-likeness (QED) is 0.161. The molecular weight excluding hydrogens is 655 g/mol. The molecule has 2 aliphatic rings. The lowest BCUT2D eigenvalue weighted by atomic mass is 9.57. The van der Waals surface area contributed by atoms with Crippen molar-refractivity contribution in [2.45, 2.75) is 38.5 Å². The van der Waals surface area contributed by atoms with Crippen LogP contribution in [0.5, 0.6) is 0 Å². The summed E-state index contributed by atoms with van der Waals surface area (Å²) in [6.07, 6.45) is 3.46. The van der Waals surface area contributed by atoms with Gasteiger partial charge in [0.2, 0.25) is 0 Å². The highest BCUT2D eigenvalue weighted by atomic mass is 16.3. The van der Waals surface area contributed by atoms with Crippen molar-refractivity contribution >= 4 is 39.0 Å². The first-order chi connectivity index (χ1) is 26.5. The van der Waals surface area contributed by atoms with E-state index in [1.165, 1.54) is 62.9 Å². The van der Waals surface area contributed by atoms with Crippen molar-refractivity contribution in [3.8, 4) is 33.4 Å². The summed E-state index contributed by atoms with van der Waals surface area (Å²) in [5.41, 5.74) is 16.6. The summed E-state index contributed by atoms with van der Waals surface area (Å²) < 4.78 is 6.45. The molecule has 2 heteroatoms. The highest BCUT2D eigenvalue weighted by Crippen LogP contribution is 2.61. The van der Waals surface area contributed by atoms with Gasteiger partial charge in [0.1, 0.15) is 11.2 Å². The maximum absolute atomic E-state index is 6.45. The number of allylic oxidation sites excluding steroid dienone is 1. The molecule has 0 aliphatic heterocycles. The lowest BCUT2D eigenvalue weighted by molar-refractivity contribution is 0.248. The number of para-hydroxylation sites is 1. The van der Waals surface area contributed by atoms with Gasteiger partial charge in [0.05, 0.1) is 11.1 Å². The zero-order chi connectivity index (χ0) is 36.4. The lowest BCUT2D eigenvalue weighted by Gasteiger charge is -2.46. The number of hydrogen-bond donors (Lipinski definition) is 0. The largest absolute Gasteiger partial charge is 0.456 e. The van der Waals surface area contributed by atoms with Crippen LogP contribution in [0.1, 0.15) is 44.2 Å². The molecule has 1 aromatic heterocycles. The summed E-state index contributed by atoms with van der Waals surface area (Å²) in [6.45, 7) is 9.69. The van der Waals surface area contributed by atoms with Crippen molar-refractivity contribution in [3.63, 3.8) is 0 Å². The summed E-state index contributed by atoms with van der Waals surface area (Å²) in [7, 11) is 0. The topological polar surface area (TPSA) is 16.4 Å².